The van der Waals surface area contributed by atoms with Crippen molar-refractivity contribution < 1.29 is 19.1 Å². The van der Waals surface area contributed by atoms with E-state index in [2.05, 4.69) is 25.8 Å². The van der Waals surface area contributed by atoms with E-state index >= 15 is 0 Å². The Balaban J connectivity index is 1.19. The van der Waals surface area contributed by atoms with Gasteiger partial charge in [-0.1, -0.05) is 71.2 Å². The molecule has 1 atom stereocenters. The van der Waals surface area contributed by atoms with Gasteiger partial charge in [0.1, 0.15) is 5.02 Å². The lowest BCUT2D eigenvalue weighted by atomic mass is 9.97. The highest BCUT2D eigenvalue weighted by Crippen LogP contribution is 2.43. The number of rotatable bonds is 11. The van der Waals surface area contributed by atoms with Crippen LogP contribution >= 0.6 is 34.8 Å². The van der Waals surface area contributed by atoms with Crippen LogP contribution in [0.4, 0.5) is 11.5 Å². The number of pyridine rings is 2. The second-order valence-electron chi connectivity index (χ2n) is 12.2. The molecule has 0 saturated carbocycles. The van der Waals surface area contributed by atoms with Crippen molar-refractivity contribution in [2.75, 3.05) is 39.1 Å². The van der Waals surface area contributed by atoms with Crippen molar-refractivity contribution in [2.24, 2.45) is 5.92 Å². The van der Waals surface area contributed by atoms with Gasteiger partial charge in [0, 0.05) is 60.1 Å². The molecule has 0 radical (unpaired) electrons. The van der Waals surface area contributed by atoms with Gasteiger partial charge < -0.3 is 30.3 Å². The summed E-state index contributed by atoms with van der Waals surface area (Å²) in [6.07, 6.45) is 4.40. The number of carbonyl (C=O) groups excluding carboxylic acids is 2. The van der Waals surface area contributed by atoms with E-state index in [0.29, 0.717) is 69.3 Å². The molecule has 3 N–H and O–H groups in total. The van der Waals surface area contributed by atoms with Crippen LogP contribution in [0.25, 0.3) is 22.4 Å². The minimum atomic E-state index is -0.296. The van der Waals surface area contributed by atoms with Gasteiger partial charge in [0.25, 0.3) is 0 Å². The van der Waals surface area contributed by atoms with Crippen molar-refractivity contribution in [2.45, 2.75) is 38.3 Å². The number of halogens is 3. The third-order valence-electron chi connectivity index (χ3n) is 8.86. The number of anilines is 2. The minimum Gasteiger partial charge on any atom is -0.481 e. The highest BCUT2D eigenvalue weighted by molar-refractivity contribution is 6.39. The molecule has 1 amide bonds. The molecule has 4 heterocycles. The van der Waals surface area contributed by atoms with Crippen LogP contribution in [0.1, 0.15) is 31.2 Å². The van der Waals surface area contributed by atoms with E-state index in [9.17, 15) is 9.59 Å². The number of nitrogens with one attached hydrogen (secondary N) is 3. The molecule has 256 valence electrons. The molecule has 2 saturated heterocycles. The number of ether oxygens (including phenoxy) is 2. The SMILES string of the molecule is COc1nc(-c2cccc(-c3cccc(Nc4nccc(OC(=O)C5CCN(C)CC5)c4Cl)c3Cl)c2Cl)ccc1CNCC1CCC(=O)N1. The maximum atomic E-state index is 12.9. The highest BCUT2D eigenvalue weighted by atomic mass is 35.5. The number of nitrogens with zero attached hydrogens (tertiary/aromatic N) is 3. The van der Waals surface area contributed by atoms with Crippen molar-refractivity contribution in [1.29, 1.82) is 0 Å². The second kappa shape index (κ2) is 15.7. The second-order valence-corrected chi connectivity index (χ2v) is 13.4. The van der Waals surface area contributed by atoms with Crippen LogP contribution in [-0.4, -0.2) is 66.6 Å². The summed E-state index contributed by atoms with van der Waals surface area (Å²) in [5.74, 6) is 0.636. The summed E-state index contributed by atoms with van der Waals surface area (Å²) in [7, 11) is 3.62. The standard InChI is InChI=1S/C36H37Cl3N6O4/c1-45-17-14-21(15-18-45)36(47)49-29-13-16-41-34(33(29)39)43-28-8-4-6-25(32(28)38)24-5-3-7-26(31(24)37)27-11-9-22(35(44-27)48-2)19-40-20-23-10-12-30(46)42-23/h3-9,11,13,16,21,23,40H,10,12,14-15,17-20H2,1-2H3,(H,41,43)(H,42,46). The Hall–Kier alpha value is -3.93. The third kappa shape index (κ3) is 8.11. The number of piperidine rings is 1. The lowest BCUT2D eigenvalue weighted by Crippen LogP contribution is -2.35. The molecular formula is C36H37Cl3N6O4. The average Bonchev–Trinajstić information content (AvgIpc) is 3.52. The number of esters is 1. The van der Waals surface area contributed by atoms with Gasteiger partial charge >= 0.3 is 5.97 Å². The fourth-order valence-electron chi connectivity index (χ4n) is 6.07. The summed E-state index contributed by atoms with van der Waals surface area (Å²) in [4.78, 5) is 35.7. The zero-order valence-electron chi connectivity index (χ0n) is 27.2. The average molecular weight is 724 g/mol. The predicted octanol–water partition coefficient (Wildman–Crippen LogP) is 7.14. The van der Waals surface area contributed by atoms with Gasteiger partial charge in [0.15, 0.2) is 11.6 Å². The molecule has 4 aromatic rings. The van der Waals surface area contributed by atoms with E-state index in [1.165, 1.54) is 6.20 Å². The molecule has 1 unspecified atom stereocenters. The third-order valence-corrected chi connectivity index (χ3v) is 10.0. The Bertz CT molecular complexity index is 1850. The molecule has 2 aromatic heterocycles. The molecule has 0 bridgehead atoms. The van der Waals surface area contributed by atoms with Gasteiger partial charge in [-0.3, -0.25) is 9.59 Å². The van der Waals surface area contributed by atoms with Crippen molar-refractivity contribution in [3.05, 3.63) is 81.4 Å². The van der Waals surface area contributed by atoms with Crippen LogP contribution in [0.15, 0.2) is 60.8 Å². The lowest BCUT2D eigenvalue weighted by molar-refractivity contribution is -0.140. The van der Waals surface area contributed by atoms with E-state index in [0.717, 1.165) is 37.9 Å². The van der Waals surface area contributed by atoms with Crippen LogP contribution < -0.4 is 25.4 Å². The Labute approximate surface area is 300 Å². The molecule has 13 heteroatoms. The van der Waals surface area contributed by atoms with Crippen molar-refractivity contribution in [3.63, 3.8) is 0 Å². The van der Waals surface area contributed by atoms with Crippen LogP contribution in [0, 0.1) is 5.92 Å². The first-order valence-corrected chi connectivity index (χ1v) is 17.3. The van der Waals surface area contributed by atoms with E-state index < -0.39 is 0 Å². The number of hydrogen-bond donors (Lipinski definition) is 3. The van der Waals surface area contributed by atoms with Crippen LogP contribution in [-0.2, 0) is 16.1 Å². The number of methoxy groups -OCH3 is 1. The number of amides is 1. The van der Waals surface area contributed by atoms with E-state index in [4.69, 9.17) is 49.3 Å². The van der Waals surface area contributed by atoms with Crippen LogP contribution in [0.2, 0.25) is 15.1 Å². The topological polar surface area (TPSA) is 118 Å². The lowest BCUT2D eigenvalue weighted by Gasteiger charge is -2.27. The summed E-state index contributed by atoms with van der Waals surface area (Å²) < 4.78 is 11.3. The fourth-order valence-corrected chi connectivity index (χ4v) is 6.87. The fraction of sp³-hybridized carbons (Fsp3) is 0.333. The molecule has 0 spiro atoms. The molecule has 0 aliphatic carbocycles. The summed E-state index contributed by atoms with van der Waals surface area (Å²) >= 11 is 20.7. The zero-order chi connectivity index (χ0) is 34.5. The normalized spacial score (nSPS) is 16.8. The monoisotopic (exact) mass is 722 g/mol. The van der Waals surface area contributed by atoms with Gasteiger partial charge in [-0.05, 0) is 51.5 Å². The Morgan fingerprint density at radius 3 is 2.43 bits per heavy atom. The first-order valence-electron chi connectivity index (χ1n) is 16.1. The van der Waals surface area contributed by atoms with E-state index in [1.54, 1.807) is 19.2 Å². The van der Waals surface area contributed by atoms with Gasteiger partial charge in [0.2, 0.25) is 11.8 Å². The largest absolute Gasteiger partial charge is 0.481 e. The molecule has 2 aliphatic heterocycles. The number of carbonyl (C=O) groups is 2. The van der Waals surface area contributed by atoms with E-state index in [-0.39, 0.29) is 34.6 Å². The van der Waals surface area contributed by atoms with E-state index in [1.807, 2.05) is 49.5 Å². The van der Waals surface area contributed by atoms with Crippen LogP contribution in [0.3, 0.4) is 0 Å². The maximum absolute atomic E-state index is 12.9. The van der Waals surface area contributed by atoms with Crippen molar-refractivity contribution in [3.8, 4) is 34.0 Å². The molecular weight excluding hydrogens is 687 g/mol. The molecule has 6 rings (SSSR count). The highest BCUT2D eigenvalue weighted by Gasteiger charge is 2.26. The first-order chi connectivity index (χ1) is 23.7. The number of likely N-dealkylation sites (tertiary alicyclic amines) is 1. The first kappa shape index (κ1) is 34.9. The van der Waals surface area contributed by atoms with Crippen molar-refractivity contribution in [1.82, 2.24) is 25.5 Å². The minimum absolute atomic E-state index is 0.0905. The van der Waals surface area contributed by atoms with Gasteiger partial charge in [-0.2, -0.15) is 0 Å². The van der Waals surface area contributed by atoms with Gasteiger partial charge in [-0.25, -0.2) is 9.97 Å². The zero-order valence-corrected chi connectivity index (χ0v) is 29.5. The molecule has 2 fully saturated rings. The number of aromatic nitrogens is 2. The van der Waals surface area contributed by atoms with Crippen LogP contribution in [0.5, 0.6) is 11.6 Å². The summed E-state index contributed by atoms with van der Waals surface area (Å²) in [5.41, 5.74) is 4.18. The smallest absolute Gasteiger partial charge is 0.314 e. The molecule has 10 nitrogen and oxygen atoms in total. The van der Waals surface area contributed by atoms with Gasteiger partial charge in [0.05, 0.1) is 34.5 Å². The molecule has 49 heavy (non-hydrogen) atoms. The number of benzene rings is 2. The Morgan fingerprint density at radius 2 is 1.69 bits per heavy atom. The summed E-state index contributed by atoms with van der Waals surface area (Å²) in [6, 6.07) is 16.8. The summed E-state index contributed by atoms with van der Waals surface area (Å²) in [5, 5.41) is 10.6. The number of hydrogen-bond acceptors (Lipinski definition) is 9. The van der Waals surface area contributed by atoms with Gasteiger partial charge in [-0.15, -0.1) is 0 Å². The Morgan fingerprint density at radius 1 is 0.959 bits per heavy atom. The molecule has 2 aliphatic rings. The predicted molar refractivity (Wildman–Crippen MR) is 193 cm³/mol. The summed E-state index contributed by atoms with van der Waals surface area (Å²) in [6.45, 7) is 2.89. The van der Waals surface area contributed by atoms with Crippen molar-refractivity contribution >= 4 is 58.2 Å². The maximum Gasteiger partial charge on any atom is 0.314 e. The Kier molecular flexibility index (Phi) is 11.2. The molecule has 2 aromatic carbocycles. The quantitative estimate of drug-likeness (QED) is 0.139.